The van der Waals surface area contributed by atoms with Gasteiger partial charge < -0.3 is 4.90 Å². The molecule has 1 aromatic carbocycles. The molecule has 1 amide bonds. The van der Waals surface area contributed by atoms with Crippen LogP contribution in [0, 0.1) is 17.7 Å². The molecule has 132 valence electrons. The van der Waals surface area contributed by atoms with Gasteiger partial charge in [-0.15, -0.1) is 0 Å². The summed E-state index contributed by atoms with van der Waals surface area (Å²) in [7, 11) is 0. The number of hydrogen-bond acceptors (Lipinski definition) is 2. The van der Waals surface area contributed by atoms with Gasteiger partial charge in [-0.05, 0) is 50.3 Å². The summed E-state index contributed by atoms with van der Waals surface area (Å²) in [5.74, 6) is 0.782. The fourth-order valence-corrected chi connectivity index (χ4v) is 4.02. The van der Waals surface area contributed by atoms with Crippen molar-refractivity contribution in [2.75, 3.05) is 26.2 Å². The molecule has 1 aromatic rings. The summed E-state index contributed by atoms with van der Waals surface area (Å²) in [4.78, 5) is 17.0. The van der Waals surface area contributed by atoms with Gasteiger partial charge in [0.15, 0.2) is 0 Å². The van der Waals surface area contributed by atoms with Crippen molar-refractivity contribution in [3.8, 4) is 0 Å². The third-order valence-electron chi connectivity index (χ3n) is 5.39. The molecule has 0 aromatic heterocycles. The predicted octanol–water partition coefficient (Wildman–Crippen LogP) is 3.95. The van der Waals surface area contributed by atoms with Crippen LogP contribution in [0.15, 0.2) is 18.2 Å². The summed E-state index contributed by atoms with van der Waals surface area (Å²) in [6.45, 7) is 6.10. The first-order valence-corrected chi connectivity index (χ1v) is 9.36. The molecule has 1 atom stereocenters. The SMILES string of the molecule is CC1CCN(C(=O)C2CCCN(Cc3c(F)cccc3Cl)C2)CC1. The predicted molar refractivity (Wildman–Crippen MR) is 94.4 cm³/mol. The summed E-state index contributed by atoms with van der Waals surface area (Å²) in [5.41, 5.74) is 0.541. The summed E-state index contributed by atoms with van der Waals surface area (Å²) >= 11 is 6.14. The second-order valence-corrected chi connectivity index (χ2v) is 7.69. The van der Waals surface area contributed by atoms with Crippen LogP contribution in [0.1, 0.15) is 38.2 Å². The van der Waals surface area contributed by atoms with Gasteiger partial charge in [0, 0.05) is 36.8 Å². The van der Waals surface area contributed by atoms with Crippen molar-refractivity contribution in [3.63, 3.8) is 0 Å². The quantitative estimate of drug-likeness (QED) is 0.822. The first kappa shape index (κ1) is 17.7. The highest BCUT2D eigenvalue weighted by Crippen LogP contribution is 2.26. The molecule has 0 N–H and O–H groups in total. The number of amides is 1. The van der Waals surface area contributed by atoms with Crippen LogP contribution in [0.3, 0.4) is 0 Å². The summed E-state index contributed by atoms with van der Waals surface area (Å²) < 4.78 is 14.0. The van der Waals surface area contributed by atoms with Crippen molar-refractivity contribution >= 4 is 17.5 Å². The molecule has 2 heterocycles. The molecule has 2 saturated heterocycles. The van der Waals surface area contributed by atoms with Crippen molar-refractivity contribution in [1.29, 1.82) is 0 Å². The van der Waals surface area contributed by atoms with Crippen molar-refractivity contribution in [3.05, 3.63) is 34.6 Å². The smallest absolute Gasteiger partial charge is 0.226 e. The summed E-state index contributed by atoms with van der Waals surface area (Å²) in [6, 6.07) is 4.80. The van der Waals surface area contributed by atoms with Gasteiger partial charge in [-0.2, -0.15) is 0 Å². The standard InChI is InChI=1S/C19H26ClFN2O/c1-14-7-10-23(11-8-14)19(24)15-4-3-9-22(12-15)13-16-17(20)5-2-6-18(16)21/h2,5-6,14-15H,3-4,7-13H2,1H3. The minimum atomic E-state index is -0.263. The van der Waals surface area contributed by atoms with Gasteiger partial charge in [-0.25, -0.2) is 4.39 Å². The van der Waals surface area contributed by atoms with Crippen LogP contribution < -0.4 is 0 Å². The van der Waals surface area contributed by atoms with E-state index < -0.39 is 0 Å². The third-order valence-corrected chi connectivity index (χ3v) is 5.75. The Morgan fingerprint density at radius 1 is 1.25 bits per heavy atom. The van der Waals surface area contributed by atoms with E-state index in [2.05, 4.69) is 11.8 Å². The summed E-state index contributed by atoms with van der Waals surface area (Å²) in [6.07, 6.45) is 4.12. The Hall–Kier alpha value is -1.13. The van der Waals surface area contributed by atoms with Crippen molar-refractivity contribution in [1.82, 2.24) is 9.80 Å². The lowest BCUT2D eigenvalue weighted by atomic mass is 9.93. The molecule has 2 aliphatic rings. The highest BCUT2D eigenvalue weighted by molar-refractivity contribution is 6.31. The van der Waals surface area contributed by atoms with Crippen LogP contribution >= 0.6 is 11.6 Å². The van der Waals surface area contributed by atoms with Crippen LogP contribution in [0.5, 0.6) is 0 Å². The number of rotatable bonds is 3. The highest BCUT2D eigenvalue weighted by Gasteiger charge is 2.31. The summed E-state index contributed by atoms with van der Waals surface area (Å²) in [5, 5.41) is 0.466. The molecule has 0 saturated carbocycles. The first-order chi connectivity index (χ1) is 11.5. The van der Waals surface area contributed by atoms with Crippen molar-refractivity contribution in [2.45, 2.75) is 39.2 Å². The lowest BCUT2D eigenvalue weighted by molar-refractivity contribution is -0.138. The number of likely N-dealkylation sites (tertiary alicyclic amines) is 2. The largest absolute Gasteiger partial charge is 0.342 e. The van der Waals surface area contributed by atoms with Gasteiger partial charge in [0.2, 0.25) is 5.91 Å². The van der Waals surface area contributed by atoms with E-state index in [0.29, 0.717) is 23.7 Å². The number of nitrogens with zero attached hydrogens (tertiary/aromatic N) is 2. The first-order valence-electron chi connectivity index (χ1n) is 8.98. The molecule has 0 spiro atoms. The zero-order valence-electron chi connectivity index (χ0n) is 14.3. The van der Waals surface area contributed by atoms with Crippen LogP contribution in [0.4, 0.5) is 4.39 Å². The fourth-order valence-electron chi connectivity index (χ4n) is 3.79. The molecule has 3 rings (SSSR count). The van der Waals surface area contributed by atoms with Crippen molar-refractivity contribution < 1.29 is 9.18 Å². The number of hydrogen-bond donors (Lipinski definition) is 0. The molecule has 2 fully saturated rings. The normalized spacial score (nSPS) is 23.5. The molecule has 3 nitrogen and oxygen atoms in total. The van der Waals surface area contributed by atoms with Gasteiger partial charge in [0.25, 0.3) is 0 Å². The Balaban J connectivity index is 1.61. The molecule has 0 bridgehead atoms. The van der Waals surface area contributed by atoms with E-state index in [-0.39, 0.29) is 17.6 Å². The van der Waals surface area contributed by atoms with Gasteiger partial charge in [-0.1, -0.05) is 24.6 Å². The van der Waals surface area contributed by atoms with Gasteiger partial charge >= 0.3 is 0 Å². The van der Waals surface area contributed by atoms with E-state index in [1.165, 1.54) is 6.07 Å². The molecule has 0 radical (unpaired) electrons. The lowest BCUT2D eigenvalue weighted by Crippen LogP contribution is -2.47. The zero-order valence-corrected chi connectivity index (χ0v) is 15.1. The molecule has 0 aliphatic carbocycles. The Morgan fingerprint density at radius 3 is 2.71 bits per heavy atom. The fraction of sp³-hybridized carbons (Fsp3) is 0.632. The van der Waals surface area contributed by atoms with E-state index >= 15 is 0 Å². The molecule has 1 unspecified atom stereocenters. The van der Waals surface area contributed by atoms with E-state index in [4.69, 9.17) is 11.6 Å². The van der Waals surface area contributed by atoms with E-state index in [0.717, 1.165) is 51.2 Å². The van der Waals surface area contributed by atoms with Crippen LogP contribution in [0.2, 0.25) is 5.02 Å². The van der Waals surface area contributed by atoms with E-state index in [1.807, 2.05) is 4.90 Å². The van der Waals surface area contributed by atoms with Gasteiger partial charge in [0.1, 0.15) is 5.82 Å². The average molecular weight is 353 g/mol. The molecular formula is C19H26ClFN2O. The van der Waals surface area contributed by atoms with Crippen LogP contribution in [0.25, 0.3) is 0 Å². The Morgan fingerprint density at radius 2 is 2.00 bits per heavy atom. The maximum absolute atomic E-state index is 14.0. The van der Waals surface area contributed by atoms with E-state index in [9.17, 15) is 9.18 Å². The minimum Gasteiger partial charge on any atom is -0.342 e. The maximum Gasteiger partial charge on any atom is 0.226 e. The highest BCUT2D eigenvalue weighted by atomic mass is 35.5. The number of carbonyl (C=O) groups is 1. The average Bonchev–Trinajstić information content (AvgIpc) is 2.59. The lowest BCUT2D eigenvalue weighted by Gasteiger charge is -2.37. The molecule has 24 heavy (non-hydrogen) atoms. The Bertz CT molecular complexity index is 566. The zero-order chi connectivity index (χ0) is 17.1. The number of carbonyl (C=O) groups excluding carboxylic acids is 1. The second-order valence-electron chi connectivity index (χ2n) is 7.28. The topological polar surface area (TPSA) is 23.6 Å². The minimum absolute atomic E-state index is 0.0395. The number of benzene rings is 1. The van der Waals surface area contributed by atoms with E-state index in [1.54, 1.807) is 12.1 Å². The Labute approximate surface area is 148 Å². The monoisotopic (exact) mass is 352 g/mol. The van der Waals surface area contributed by atoms with Gasteiger partial charge in [-0.3, -0.25) is 9.69 Å². The Kier molecular flexibility index (Phi) is 5.77. The van der Waals surface area contributed by atoms with Gasteiger partial charge in [0.05, 0.1) is 5.92 Å². The maximum atomic E-state index is 14.0. The second kappa shape index (κ2) is 7.83. The van der Waals surface area contributed by atoms with Crippen LogP contribution in [-0.4, -0.2) is 41.9 Å². The molecule has 5 heteroatoms. The molecular weight excluding hydrogens is 327 g/mol. The molecule has 2 aliphatic heterocycles. The van der Waals surface area contributed by atoms with Crippen molar-refractivity contribution in [2.24, 2.45) is 11.8 Å². The van der Waals surface area contributed by atoms with Crippen LogP contribution in [-0.2, 0) is 11.3 Å². The number of halogens is 2. The third kappa shape index (κ3) is 4.09. The number of piperidine rings is 2.